The number of hydrogen-bond acceptors (Lipinski definition) is 5. The molecular weight excluding hydrogens is 575 g/mol. The van der Waals surface area contributed by atoms with Crippen LogP contribution in [-0.4, -0.2) is 97.5 Å². The van der Waals surface area contributed by atoms with Gasteiger partial charge in [0.2, 0.25) is 5.91 Å². The Hall–Kier alpha value is -2.91. The lowest BCUT2D eigenvalue weighted by Gasteiger charge is -2.55. The van der Waals surface area contributed by atoms with E-state index in [9.17, 15) is 49.1 Å². The second-order valence-electron chi connectivity index (χ2n) is 10.8. The second-order valence-corrected chi connectivity index (χ2v) is 10.8. The maximum atomic E-state index is 13.5. The molecule has 0 aliphatic carbocycles. The summed E-state index contributed by atoms with van der Waals surface area (Å²) < 4.78 is 121. The maximum absolute atomic E-state index is 13.5. The highest BCUT2D eigenvalue weighted by atomic mass is 19.4. The number of likely N-dealkylation sites (tertiary alicyclic amines) is 1. The molecule has 230 valence electrons. The van der Waals surface area contributed by atoms with Crippen LogP contribution in [0.25, 0.3) is 0 Å². The summed E-state index contributed by atoms with van der Waals surface area (Å²) in [5.74, 6) is -0.0231. The fourth-order valence-electron chi connectivity index (χ4n) is 5.54. The summed E-state index contributed by atoms with van der Waals surface area (Å²) in [7, 11) is 0. The van der Waals surface area contributed by atoms with Crippen molar-refractivity contribution >= 4 is 17.7 Å². The molecule has 3 fully saturated rings. The zero-order valence-electron chi connectivity index (χ0n) is 22.0. The molecule has 0 unspecified atom stereocenters. The molecule has 1 spiro atoms. The predicted octanol–water partition coefficient (Wildman–Crippen LogP) is 4.90. The zero-order valence-corrected chi connectivity index (χ0v) is 22.0. The summed E-state index contributed by atoms with van der Waals surface area (Å²) in [6.45, 7) is 3.52. The molecule has 16 heteroatoms. The molecule has 7 nitrogen and oxygen atoms in total. The van der Waals surface area contributed by atoms with Crippen LogP contribution in [0.2, 0.25) is 0 Å². The van der Waals surface area contributed by atoms with Crippen molar-refractivity contribution in [3.8, 4) is 0 Å². The van der Waals surface area contributed by atoms with E-state index in [4.69, 9.17) is 0 Å². The van der Waals surface area contributed by atoms with Gasteiger partial charge in [-0.1, -0.05) is 6.07 Å². The third kappa shape index (κ3) is 7.12. The lowest BCUT2D eigenvalue weighted by Crippen LogP contribution is -2.61. The largest absolute Gasteiger partial charge is 0.434 e. The van der Waals surface area contributed by atoms with Crippen molar-refractivity contribution in [2.45, 2.75) is 50.9 Å². The van der Waals surface area contributed by atoms with Gasteiger partial charge in [0.15, 0.2) is 0 Å². The van der Waals surface area contributed by atoms with Crippen molar-refractivity contribution in [3.05, 3.63) is 29.3 Å². The third-order valence-electron chi connectivity index (χ3n) is 7.91. The Morgan fingerprint density at radius 2 is 1.41 bits per heavy atom. The first-order valence-corrected chi connectivity index (χ1v) is 12.9. The van der Waals surface area contributed by atoms with Crippen LogP contribution in [0.3, 0.4) is 0 Å². The standard InChI is InChI=1S/C25H29F9N4O3/c1-16(39)36-6-4-22(5-7-36)14-38(15-22)19-12-18(23(26,27)28)3-2-17(19)13-35-8-10-37(11-9-35)21(40)41-20(24(29,30)31)25(32,33)34/h2-3,12,20H,4-11,13-15H2,1H3. The Morgan fingerprint density at radius 1 is 0.854 bits per heavy atom. The monoisotopic (exact) mass is 604 g/mol. The van der Waals surface area contributed by atoms with Gasteiger partial charge in [0.25, 0.3) is 6.10 Å². The van der Waals surface area contributed by atoms with Crippen LogP contribution in [0.1, 0.15) is 30.9 Å². The van der Waals surface area contributed by atoms with Crippen LogP contribution >= 0.6 is 0 Å². The van der Waals surface area contributed by atoms with Crippen molar-refractivity contribution in [2.75, 3.05) is 57.3 Å². The summed E-state index contributed by atoms with van der Waals surface area (Å²) in [5.41, 5.74) is 0.0347. The average Bonchev–Trinajstić information content (AvgIpc) is 2.84. The minimum atomic E-state index is -5.82. The van der Waals surface area contributed by atoms with Gasteiger partial charge in [-0.15, -0.1) is 0 Å². The van der Waals surface area contributed by atoms with Crippen LogP contribution in [0.15, 0.2) is 18.2 Å². The van der Waals surface area contributed by atoms with Gasteiger partial charge in [0.05, 0.1) is 5.56 Å². The Bertz CT molecular complexity index is 1100. The van der Waals surface area contributed by atoms with Crippen LogP contribution in [-0.2, 0) is 22.3 Å². The summed E-state index contributed by atoms with van der Waals surface area (Å²) in [4.78, 5) is 29.8. The van der Waals surface area contributed by atoms with E-state index >= 15 is 0 Å². The SMILES string of the molecule is CC(=O)N1CCC2(CC1)CN(c1cc(C(F)(F)F)ccc1CN1CCN(C(=O)OC(C(F)(F)F)C(F)(F)F)CC1)C2. The van der Waals surface area contributed by atoms with Crippen LogP contribution in [0.5, 0.6) is 0 Å². The normalized spacial score (nSPS) is 20.4. The summed E-state index contributed by atoms with van der Waals surface area (Å²) in [6, 6.07) is 3.40. The molecule has 3 aliphatic heterocycles. The minimum absolute atomic E-state index is 0.0231. The molecule has 3 saturated heterocycles. The van der Waals surface area contributed by atoms with Crippen molar-refractivity contribution < 1.29 is 53.8 Å². The Kier molecular flexibility index (Phi) is 8.37. The van der Waals surface area contributed by atoms with Gasteiger partial charge >= 0.3 is 24.6 Å². The van der Waals surface area contributed by atoms with Gasteiger partial charge < -0.3 is 19.4 Å². The number of rotatable bonds is 4. The highest BCUT2D eigenvalue weighted by molar-refractivity contribution is 5.73. The van der Waals surface area contributed by atoms with E-state index < -0.39 is 36.3 Å². The predicted molar refractivity (Wildman–Crippen MR) is 127 cm³/mol. The van der Waals surface area contributed by atoms with Crippen molar-refractivity contribution in [2.24, 2.45) is 5.41 Å². The molecule has 0 atom stereocenters. The summed E-state index contributed by atoms with van der Waals surface area (Å²) in [6.07, 6.45) is -20.7. The molecule has 0 bridgehead atoms. The molecule has 1 aromatic rings. The van der Waals surface area contributed by atoms with Gasteiger partial charge in [-0.2, -0.15) is 39.5 Å². The Balaban J connectivity index is 1.40. The van der Waals surface area contributed by atoms with E-state index in [0.29, 0.717) is 37.4 Å². The average molecular weight is 605 g/mol. The number of amides is 2. The number of nitrogens with zero attached hydrogens (tertiary/aromatic N) is 4. The van der Waals surface area contributed by atoms with Crippen LogP contribution in [0.4, 0.5) is 50.0 Å². The molecule has 2 amide bonds. The molecule has 4 rings (SSSR count). The molecule has 0 radical (unpaired) electrons. The fraction of sp³-hybridized carbons (Fsp3) is 0.680. The number of carbonyl (C=O) groups is 2. The quantitative estimate of drug-likeness (QED) is 0.458. The number of ether oxygens (including phenoxy) is 1. The van der Waals surface area contributed by atoms with Crippen molar-refractivity contribution in [3.63, 3.8) is 0 Å². The number of piperazine rings is 1. The molecule has 1 aromatic carbocycles. The first kappa shape index (κ1) is 31.0. The lowest BCUT2D eigenvalue weighted by molar-refractivity contribution is -0.308. The maximum Gasteiger partial charge on any atom is 0.434 e. The van der Waals surface area contributed by atoms with Crippen molar-refractivity contribution in [1.82, 2.24) is 14.7 Å². The molecule has 41 heavy (non-hydrogen) atoms. The minimum Gasteiger partial charge on any atom is -0.426 e. The van der Waals surface area contributed by atoms with Gasteiger partial charge in [0, 0.05) is 76.9 Å². The molecule has 0 saturated carbocycles. The van der Waals surface area contributed by atoms with E-state index in [2.05, 4.69) is 4.74 Å². The fourth-order valence-corrected chi connectivity index (χ4v) is 5.54. The van der Waals surface area contributed by atoms with Gasteiger partial charge in [0.1, 0.15) is 0 Å². The summed E-state index contributed by atoms with van der Waals surface area (Å²) in [5, 5.41) is 0. The second kappa shape index (κ2) is 11.1. The number of anilines is 1. The number of carbonyl (C=O) groups excluding carboxylic acids is 2. The first-order valence-electron chi connectivity index (χ1n) is 12.9. The molecule has 0 N–H and O–H groups in total. The van der Waals surface area contributed by atoms with Gasteiger partial charge in [-0.25, -0.2) is 4.79 Å². The zero-order chi connectivity index (χ0) is 30.4. The van der Waals surface area contributed by atoms with Crippen molar-refractivity contribution in [1.29, 1.82) is 0 Å². The van der Waals surface area contributed by atoms with Crippen LogP contribution < -0.4 is 4.90 Å². The molecular formula is C25H29F9N4O3. The smallest absolute Gasteiger partial charge is 0.426 e. The molecule has 0 aromatic heterocycles. The summed E-state index contributed by atoms with van der Waals surface area (Å²) >= 11 is 0. The van der Waals surface area contributed by atoms with Gasteiger partial charge in [-0.3, -0.25) is 9.69 Å². The van der Waals surface area contributed by atoms with E-state index in [0.717, 1.165) is 29.9 Å². The number of alkyl halides is 9. The number of piperidine rings is 1. The van der Waals surface area contributed by atoms with E-state index in [-0.39, 0.29) is 44.0 Å². The highest BCUT2D eigenvalue weighted by Crippen LogP contribution is 2.45. The van der Waals surface area contributed by atoms with E-state index in [1.165, 1.54) is 13.0 Å². The van der Waals surface area contributed by atoms with Gasteiger partial charge in [-0.05, 0) is 30.5 Å². The Morgan fingerprint density at radius 3 is 1.90 bits per heavy atom. The lowest BCUT2D eigenvalue weighted by atomic mass is 9.71. The Labute approximate surface area is 229 Å². The number of benzene rings is 1. The van der Waals surface area contributed by atoms with Crippen LogP contribution in [0, 0.1) is 5.41 Å². The highest BCUT2D eigenvalue weighted by Gasteiger charge is 2.60. The van der Waals surface area contributed by atoms with E-state index in [1.54, 1.807) is 9.80 Å². The number of hydrogen-bond donors (Lipinski definition) is 0. The number of halogens is 9. The topological polar surface area (TPSA) is 56.3 Å². The first-order chi connectivity index (χ1) is 18.9. The molecule has 3 aliphatic rings. The van der Waals surface area contributed by atoms with E-state index in [1.807, 2.05) is 4.90 Å². The molecule has 3 heterocycles. The third-order valence-corrected chi connectivity index (χ3v) is 7.91.